The Morgan fingerprint density at radius 2 is 1.38 bits per heavy atom. The minimum atomic E-state index is 0.374. The fourth-order valence-corrected chi connectivity index (χ4v) is 10.9. The van der Waals surface area contributed by atoms with E-state index in [4.69, 9.17) is 11.5 Å². The monoisotopic (exact) mass is 588 g/mol. The van der Waals surface area contributed by atoms with E-state index in [0.29, 0.717) is 22.8 Å². The summed E-state index contributed by atoms with van der Waals surface area (Å²) in [6.07, 6.45) is 20.7. The molecule has 7 N–H and O–H groups in total. The molecule has 0 aromatic rings. The zero-order valence-electron chi connectivity index (χ0n) is 28.7. The Labute approximate surface area is 261 Å². The van der Waals surface area contributed by atoms with E-state index in [0.717, 1.165) is 80.7 Å². The lowest BCUT2D eigenvalue weighted by molar-refractivity contribution is -0.118. The molecule has 5 heteroatoms. The average molecular weight is 588 g/mol. The summed E-state index contributed by atoms with van der Waals surface area (Å²) < 4.78 is 0. The van der Waals surface area contributed by atoms with E-state index < -0.39 is 0 Å². The molecule has 10 atom stereocenters. The smallest absolute Gasteiger partial charge is 0.00701 e. The van der Waals surface area contributed by atoms with Crippen LogP contribution in [0.25, 0.3) is 0 Å². The lowest BCUT2D eigenvalue weighted by Gasteiger charge is -2.61. The Hall–Kier alpha value is -0.200. The van der Waals surface area contributed by atoms with E-state index in [1.807, 2.05) is 0 Å². The van der Waals surface area contributed by atoms with Gasteiger partial charge in [-0.3, -0.25) is 0 Å². The summed E-state index contributed by atoms with van der Waals surface area (Å²) in [6, 6.07) is 1.13. The van der Waals surface area contributed by atoms with Crippen LogP contribution in [0.2, 0.25) is 0 Å². The van der Waals surface area contributed by atoms with Crippen LogP contribution >= 0.6 is 0 Å². The molecule has 4 rings (SSSR count). The zero-order valence-corrected chi connectivity index (χ0v) is 28.7. The van der Waals surface area contributed by atoms with Crippen molar-refractivity contribution in [3.63, 3.8) is 0 Å². The average Bonchev–Trinajstić information content (AvgIpc) is 3.33. The summed E-state index contributed by atoms with van der Waals surface area (Å²) in [6.45, 7) is 19.1. The Morgan fingerprint density at radius 1 is 0.714 bits per heavy atom. The lowest BCUT2D eigenvalue weighted by atomic mass is 9.44. The second-order valence-electron chi connectivity index (χ2n) is 16.5. The van der Waals surface area contributed by atoms with Gasteiger partial charge in [0.25, 0.3) is 0 Å². The first-order chi connectivity index (χ1) is 20.2. The molecule has 4 aliphatic rings. The van der Waals surface area contributed by atoms with Crippen LogP contribution in [0, 0.1) is 52.3 Å². The van der Waals surface area contributed by atoms with Crippen LogP contribution < -0.4 is 27.4 Å². The fraction of sp³-hybridized carbons (Fsp3) is 1.00. The normalized spacial score (nSPS) is 37.7. The van der Waals surface area contributed by atoms with Crippen LogP contribution in [0.3, 0.4) is 0 Å². The van der Waals surface area contributed by atoms with Gasteiger partial charge in [-0.05, 0) is 188 Å². The Morgan fingerprint density at radius 3 is 2.10 bits per heavy atom. The highest BCUT2D eigenvalue weighted by atomic mass is 14.9. The van der Waals surface area contributed by atoms with Gasteiger partial charge in [-0.1, -0.05) is 34.6 Å². The number of hydrogen-bond acceptors (Lipinski definition) is 5. The number of nitrogens with two attached hydrogens (primary N) is 2. The van der Waals surface area contributed by atoms with Crippen molar-refractivity contribution in [2.45, 2.75) is 143 Å². The van der Waals surface area contributed by atoms with Crippen molar-refractivity contribution in [2.75, 3.05) is 39.3 Å². The largest absolute Gasteiger partial charge is 0.330 e. The van der Waals surface area contributed by atoms with Crippen molar-refractivity contribution in [2.24, 2.45) is 63.7 Å². The summed E-state index contributed by atoms with van der Waals surface area (Å²) in [4.78, 5) is 0. The van der Waals surface area contributed by atoms with E-state index in [9.17, 15) is 0 Å². The quantitative estimate of drug-likeness (QED) is 0.115. The Kier molecular flexibility index (Phi) is 13.5. The van der Waals surface area contributed by atoms with Crippen LogP contribution in [0.4, 0.5) is 0 Å². The van der Waals surface area contributed by atoms with Crippen molar-refractivity contribution in [1.82, 2.24) is 16.0 Å². The molecule has 0 heterocycles. The number of nitrogens with one attached hydrogen (secondary N) is 3. The van der Waals surface area contributed by atoms with Crippen molar-refractivity contribution in [1.29, 1.82) is 0 Å². The molecule has 4 saturated carbocycles. The summed E-state index contributed by atoms with van der Waals surface area (Å²) in [5.41, 5.74) is 13.2. The number of fused-ring (bicyclic) bond motifs is 5. The predicted octanol–water partition coefficient (Wildman–Crippen LogP) is 6.70. The maximum atomic E-state index is 6.47. The highest BCUT2D eigenvalue weighted by Gasteiger charge is 2.60. The molecule has 0 radical (unpaired) electrons. The molecular formula is C37H73N5. The zero-order chi connectivity index (χ0) is 30.2. The van der Waals surface area contributed by atoms with Gasteiger partial charge < -0.3 is 27.4 Å². The second-order valence-corrected chi connectivity index (χ2v) is 16.5. The lowest BCUT2D eigenvalue weighted by Crippen LogP contribution is -2.55. The summed E-state index contributed by atoms with van der Waals surface area (Å²) >= 11 is 0. The van der Waals surface area contributed by atoms with Crippen molar-refractivity contribution in [3.8, 4) is 0 Å². The minimum absolute atomic E-state index is 0.374. The van der Waals surface area contributed by atoms with Gasteiger partial charge in [-0.25, -0.2) is 0 Å². The summed E-state index contributed by atoms with van der Waals surface area (Å²) in [5, 5.41) is 11.1. The Balaban J connectivity index is 1.17. The molecule has 0 amide bonds. The molecule has 2 unspecified atom stereocenters. The first-order valence-corrected chi connectivity index (χ1v) is 18.8. The highest BCUT2D eigenvalue weighted by molar-refractivity contribution is 5.10. The highest BCUT2D eigenvalue weighted by Crippen LogP contribution is 2.68. The van der Waals surface area contributed by atoms with Crippen LogP contribution in [0.5, 0.6) is 0 Å². The van der Waals surface area contributed by atoms with Crippen molar-refractivity contribution < 1.29 is 0 Å². The maximum Gasteiger partial charge on any atom is 0.00701 e. The minimum Gasteiger partial charge on any atom is -0.330 e. The third-order valence-corrected chi connectivity index (χ3v) is 13.7. The number of hydrogen-bond donors (Lipinski definition) is 5. The molecule has 5 nitrogen and oxygen atoms in total. The number of rotatable bonds is 18. The maximum absolute atomic E-state index is 6.47. The van der Waals surface area contributed by atoms with E-state index >= 15 is 0 Å². The van der Waals surface area contributed by atoms with Crippen LogP contribution in [0.15, 0.2) is 0 Å². The van der Waals surface area contributed by atoms with Crippen molar-refractivity contribution in [3.05, 3.63) is 0 Å². The predicted molar refractivity (Wildman–Crippen MR) is 181 cm³/mol. The topological polar surface area (TPSA) is 88.1 Å². The number of unbranched alkanes of at least 4 members (excludes halogenated alkanes) is 1. The van der Waals surface area contributed by atoms with Gasteiger partial charge in [0.2, 0.25) is 0 Å². The van der Waals surface area contributed by atoms with Gasteiger partial charge in [0, 0.05) is 12.1 Å². The third-order valence-electron chi connectivity index (χ3n) is 13.7. The van der Waals surface area contributed by atoms with Gasteiger partial charge in [-0.15, -0.1) is 0 Å². The van der Waals surface area contributed by atoms with Crippen LogP contribution in [-0.4, -0.2) is 51.4 Å². The molecule has 0 spiro atoms. The molecule has 0 aromatic carbocycles. The molecule has 42 heavy (non-hydrogen) atoms. The van der Waals surface area contributed by atoms with E-state index in [2.05, 4.69) is 50.6 Å². The van der Waals surface area contributed by atoms with Gasteiger partial charge in [0.15, 0.2) is 0 Å². The van der Waals surface area contributed by atoms with Gasteiger partial charge in [-0.2, -0.15) is 0 Å². The molecule has 0 bridgehead atoms. The summed E-state index contributed by atoms with van der Waals surface area (Å²) in [5.74, 6) is 6.27. The van der Waals surface area contributed by atoms with E-state index in [-0.39, 0.29) is 0 Å². The molecule has 0 aliphatic heterocycles. The van der Waals surface area contributed by atoms with Crippen LogP contribution in [-0.2, 0) is 0 Å². The van der Waals surface area contributed by atoms with Gasteiger partial charge in [0.05, 0.1) is 0 Å². The van der Waals surface area contributed by atoms with Gasteiger partial charge in [0.1, 0.15) is 0 Å². The molecular weight excluding hydrogens is 514 g/mol. The van der Waals surface area contributed by atoms with Crippen LogP contribution in [0.1, 0.15) is 131 Å². The molecule has 0 aromatic heterocycles. The van der Waals surface area contributed by atoms with E-state index in [1.165, 1.54) is 96.4 Å². The molecule has 4 fully saturated rings. The SMILES string of the molecule is CC(C)C(N)CC[C@@H](C)C1CC[C@H]2[C@@H]3CC[C@H]4C[C@@H](NCCCNCCCCNCCCN)CC[C@]4(C)[C@H]3CC[C@]12C. The first kappa shape index (κ1) is 34.7. The van der Waals surface area contributed by atoms with Crippen molar-refractivity contribution >= 4 is 0 Å². The molecule has 0 saturated heterocycles. The standard InChI is InChI=1S/C37H73N5/c1-27(2)35(39)15-10-28(3)32-13-14-33-31-12-11-29-26-30(16-18-36(29,4)34(31)17-19-37(32,33)5)42-25-9-24-41-22-7-6-21-40-23-8-20-38/h27-35,40-42H,6-26,38-39H2,1-5H3/t28-,29+,30+,31+,32?,33+,34+,35?,36+,37-/m1/s1. The third kappa shape index (κ3) is 8.33. The van der Waals surface area contributed by atoms with E-state index in [1.54, 1.807) is 0 Å². The molecule has 246 valence electrons. The fourth-order valence-electron chi connectivity index (χ4n) is 10.9. The second kappa shape index (κ2) is 16.4. The van der Waals surface area contributed by atoms with Gasteiger partial charge >= 0.3 is 0 Å². The molecule has 4 aliphatic carbocycles. The summed E-state index contributed by atoms with van der Waals surface area (Å²) in [7, 11) is 0. The first-order valence-electron chi connectivity index (χ1n) is 18.8. The Bertz CT molecular complexity index is 773.